The van der Waals surface area contributed by atoms with Crippen LogP contribution in [0.2, 0.25) is 0 Å². The van der Waals surface area contributed by atoms with E-state index < -0.39 is 6.04 Å². The summed E-state index contributed by atoms with van der Waals surface area (Å²) < 4.78 is 5.24. The molecule has 2 heterocycles. The van der Waals surface area contributed by atoms with Crippen LogP contribution in [0, 0.1) is 0 Å². The maximum absolute atomic E-state index is 12.5. The normalized spacial score (nSPS) is 27.6. The van der Waals surface area contributed by atoms with Crippen LogP contribution in [-0.2, 0) is 9.59 Å². The van der Waals surface area contributed by atoms with Gasteiger partial charge in [-0.25, -0.2) is 0 Å². The first-order chi connectivity index (χ1) is 10.0. The molecule has 1 aromatic rings. The van der Waals surface area contributed by atoms with Gasteiger partial charge in [-0.3, -0.25) is 9.59 Å². The Morgan fingerprint density at radius 2 is 2.24 bits per heavy atom. The highest BCUT2D eigenvalue weighted by molar-refractivity contribution is 8.01. The zero-order chi connectivity index (χ0) is 15.0. The molecular formula is C15H18N2O3S. The van der Waals surface area contributed by atoms with Gasteiger partial charge in [0.2, 0.25) is 11.8 Å². The lowest BCUT2D eigenvalue weighted by Gasteiger charge is -2.29. The Labute approximate surface area is 128 Å². The molecule has 0 aliphatic carbocycles. The second-order valence-electron chi connectivity index (χ2n) is 5.46. The molecular weight excluding hydrogens is 288 g/mol. The second kappa shape index (κ2) is 5.26. The molecule has 2 atom stereocenters. The number of hydrogen-bond acceptors (Lipinski definition) is 4. The molecule has 6 heteroatoms. The van der Waals surface area contributed by atoms with E-state index in [9.17, 15) is 9.59 Å². The van der Waals surface area contributed by atoms with E-state index in [1.807, 2.05) is 19.1 Å². The topological polar surface area (TPSA) is 58.6 Å². The van der Waals surface area contributed by atoms with Crippen molar-refractivity contribution < 1.29 is 14.3 Å². The first-order valence-corrected chi connectivity index (χ1v) is 7.94. The fourth-order valence-corrected chi connectivity index (χ4v) is 4.41. The number of carbonyl (C=O) groups excluding carboxylic acids is 2. The predicted octanol–water partition coefficient (Wildman–Crippen LogP) is 2.09. The van der Waals surface area contributed by atoms with Crippen LogP contribution < -0.4 is 10.1 Å². The van der Waals surface area contributed by atoms with Gasteiger partial charge in [0, 0.05) is 12.2 Å². The number of nitrogens with one attached hydrogen (secondary N) is 1. The minimum Gasteiger partial charge on any atom is -0.495 e. The molecule has 3 rings (SSSR count). The monoisotopic (exact) mass is 306 g/mol. The molecule has 0 aromatic heterocycles. The van der Waals surface area contributed by atoms with Gasteiger partial charge in [-0.2, -0.15) is 0 Å². The molecule has 5 nitrogen and oxygen atoms in total. The maximum atomic E-state index is 12.5. The summed E-state index contributed by atoms with van der Waals surface area (Å²) in [6.45, 7) is 2.04. The number of para-hydroxylation sites is 2. The van der Waals surface area contributed by atoms with E-state index >= 15 is 0 Å². The van der Waals surface area contributed by atoms with Gasteiger partial charge >= 0.3 is 0 Å². The summed E-state index contributed by atoms with van der Waals surface area (Å²) in [5.41, 5.74) is 0.634. The summed E-state index contributed by atoms with van der Waals surface area (Å²) in [6.07, 6.45) is 1.34. The lowest BCUT2D eigenvalue weighted by molar-refractivity contribution is -0.135. The third kappa shape index (κ3) is 2.37. The number of thioether (sulfide) groups is 1. The Morgan fingerprint density at radius 3 is 3.00 bits per heavy atom. The average molecular weight is 306 g/mol. The van der Waals surface area contributed by atoms with Crippen molar-refractivity contribution in [2.24, 2.45) is 0 Å². The lowest BCUT2D eigenvalue weighted by Crippen LogP contribution is -2.48. The van der Waals surface area contributed by atoms with Crippen molar-refractivity contribution >= 4 is 29.3 Å². The number of methoxy groups -OCH3 is 1. The highest BCUT2D eigenvalue weighted by Gasteiger charge is 2.52. The van der Waals surface area contributed by atoms with Crippen molar-refractivity contribution in [3.8, 4) is 5.75 Å². The molecule has 112 valence electrons. The summed E-state index contributed by atoms with van der Waals surface area (Å²) in [5, 5.41) is 2.88. The van der Waals surface area contributed by atoms with Crippen molar-refractivity contribution in [3.63, 3.8) is 0 Å². The molecule has 0 bridgehead atoms. The van der Waals surface area contributed by atoms with E-state index in [0.29, 0.717) is 23.6 Å². The number of benzene rings is 1. The number of carbonyl (C=O) groups is 2. The van der Waals surface area contributed by atoms with Crippen LogP contribution >= 0.6 is 11.8 Å². The number of ether oxygens (including phenoxy) is 1. The number of nitrogens with zero attached hydrogens (tertiary/aromatic N) is 1. The standard InChI is InChI=1S/C15H18N2O3S/c1-15-8-7-13(18)17(15)11(9-21-15)14(19)16-10-5-3-4-6-12(10)20-2/h3-6,11H,7-9H2,1-2H3,(H,16,19)/t11-,15-/m0/s1. The van der Waals surface area contributed by atoms with Crippen molar-refractivity contribution in [1.82, 2.24) is 4.90 Å². The first-order valence-electron chi connectivity index (χ1n) is 6.95. The van der Waals surface area contributed by atoms with Crippen LogP contribution in [-0.4, -0.2) is 40.5 Å². The Balaban J connectivity index is 1.79. The molecule has 0 unspecified atom stereocenters. The van der Waals surface area contributed by atoms with Crippen LogP contribution in [0.5, 0.6) is 5.75 Å². The Bertz CT molecular complexity index is 592. The highest BCUT2D eigenvalue weighted by Crippen LogP contribution is 2.47. The van der Waals surface area contributed by atoms with Crippen LogP contribution in [0.4, 0.5) is 5.69 Å². The Morgan fingerprint density at radius 1 is 1.48 bits per heavy atom. The van der Waals surface area contributed by atoms with Gasteiger partial charge in [-0.1, -0.05) is 12.1 Å². The molecule has 1 aromatic carbocycles. The number of amides is 2. The molecule has 0 saturated carbocycles. The van der Waals surface area contributed by atoms with Crippen molar-refractivity contribution in [2.45, 2.75) is 30.7 Å². The molecule has 2 fully saturated rings. The van der Waals surface area contributed by atoms with E-state index in [1.54, 1.807) is 35.9 Å². The van der Waals surface area contributed by atoms with Crippen LogP contribution in [0.15, 0.2) is 24.3 Å². The third-order valence-corrected chi connectivity index (χ3v) is 5.62. The van der Waals surface area contributed by atoms with Gasteiger partial charge < -0.3 is 15.0 Å². The van der Waals surface area contributed by atoms with E-state index in [0.717, 1.165) is 6.42 Å². The molecule has 2 saturated heterocycles. The summed E-state index contributed by atoms with van der Waals surface area (Å²) in [5.74, 6) is 1.18. The molecule has 21 heavy (non-hydrogen) atoms. The van der Waals surface area contributed by atoms with Gasteiger partial charge in [-0.15, -0.1) is 11.8 Å². The van der Waals surface area contributed by atoms with Gasteiger partial charge in [0.25, 0.3) is 0 Å². The minimum absolute atomic E-state index is 0.0719. The number of fused-ring (bicyclic) bond motifs is 1. The predicted molar refractivity (Wildman–Crippen MR) is 82.4 cm³/mol. The van der Waals surface area contributed by atoms with Gasteiger partial charge in [0.05, 0.1) is 17.7 Å². The largest absolute Gasteiger partial charge is 0.495 e. The van der Waals surface area contributed by atoms with E-state index in [4.69, 9.17) is 4.74 Å². The third-order valence-electron chi connectivity index (χ3n) is 4.11. The number of hydrogen-bond donors (Lipinski definition) is 1. The molecule has 2 aliphatic heterocycles. The van der Waals surface area contributed by atoms with Crippen molar-refractivity contribution in [2.75, 3.05) is 18.2 Å². The van der Waals surface area contributed by atoms with Crippen LogP contribution in [0.1, 0.15) is 19.8 Å². The average Bonchev–Trinajstić information content (AvgIpc) is 2.97. The molecule has 0 radical (unpaired) electrons. The quantitative estimate of drug-likeness (QED) is 0.929. The maximum Gasteiger partial charge on any atom is 0.248 e. The smallest absolute Gasteiger partial charge is 0.248 e. The van der Waals surface area contributed by atoms with E-state index in [2.05, 4.69) is 5.32 Å². The van der Waals surface area contributed by atoms with Crippen molar-refractivity contribution in [1.29, 1.82) is 0 Å². The van der Waals surface area contributed by atoms with E-state index in [-0.39, 0.29) is 16.7 Å². The van der Waals surface area contributed by atoms with Gasteiger partial charge in [-0.05, 0) is 25.5 Å². The van der Waals surface area contributed by atoms with Gasteiger partial charge in [0.15, 0.2) is 0 Å². The molecule has 2 amide bonds. The second-order valence-corrected chi connectivity index (χ2v) is 6.96. The fraction of sp³-hybridized carbons (Fsp3) is 0.467. The number of rotatable bonds is 3. The van der Waals surface area contributed by atoms with Crippen molar-refractivity contribution in [3.05, 3.63) is 24.3 Å². The van der Waals surface area contributed by atoms with Crippen LogP contribution in [0.25, 0.3) is 0 Å². The fourth-order valence-electron chi connectivity index (χ4n) is 2.98. The van der Waals surface area contributed by atoms with Gasteiger partial charge in [0.1, 0.15) is 11.8 Å². The number of anilines is 1. The highest BCUT2D eigenvalue weighted by atomic mass is 32.2. The minimum atomic E-state index is -0.403. The summed E-state index contributed by atoms with van der Waals surface area (Å²) >= 11 is 1.69. The zero-order valence-electron chi connectivity index (χ0n) is 12.1. The molecule has 2 aliphatic rings. The summed E-state index contributed by atoms with van der Waals surface area (Å²) in [6, 6.07) is 6.88. The molecule has 0 spiro atoms. The zero-order valence-corrected chi connectivity index (χ0v) is 12.9. The summed E-state index contributed by atoms with van der Waals surface area (Å²) in [4.78, 5) is 26.1. The summed E-state index contributed by atoms with van der Waals surface area (Å²) in [7, 11) is 1.57. The van der Waals surface area contributed by atoms with Crippen LogP contribution in [0.3, 0.4) is 0 Å². The SMILES string of the molecule is COc1ccccc1NC(=O)[C@@H]1CS[C@@]2(C)CCC(=O)N12. The Kier molecular flexibility index (Phi) is 3.57. The molecule has 1 N–H and O–H groups in total. The first kappa shape index (κ1) is 14.3. The van der Waals surface area contributed by atoms with E-state index in [1.165, 1.54) is 0 Å². The lowest BCUT2D eigenvalue weighted by atomic mass is 10.2. The Hall–Kier alpha value is -1.69.